The Balaban J connectivity index is 1.39. The van der Waals surface area contributed by atoms with Crippen molar-refractivity contribution in [1.82, 2.24) is 19.9 Å². The van der Waals surface area contributed by atoms with Crippen LogP contribution in [-0.4, -0.2) is 72.2 Å². The average molecular weight is 654 g/mol. The lowest BCUT2D eigenvalue weighted by molar-refractivity contribution is -0.127. The minimum atomic E-state index is -4.59. The van der Waals surface area contributed by atoms with Crippen LogP contribution < -0.4 is 14.4 Å². The van der Waals surface area contributed by atoms with Crippen LogP contribution in [0.15, 0.2) is 65.9 Å². The maximum absolute atomic E-state index is 16.6. The Labute approximate surface area is 263 Å². The minimum Gasteiger partial charge on any atom is -0.480 e. The highest BCUT2D eigenvalue weighted by molar-refractivity contribution is 7.92. The molecule has 1 N–H and O–H groups in total. The lowest BCUT2D eigenvalue weighted by atomic mass is 10.0. The second kappa shape index (κ2) is 12.0. The fourth-order valence-corrected chi connectivity index (χ4v) is 7.02. The third-order valence-corrected chi connectivity index (χ3v) is 9.35. The zero-order valence-corrected chi connectivity index (χ0v) is 25.3. The number of allylic oxidation sites excluding steroid dienone is 1. The van der Waals surface area contributed by atoms with Crippen LogP contribution in [0, 0.1) is 17.5 Å². The van der Waals surface area contributed by atoms with Gasteiger partial charge < -0.3 is 14.5 Å². The molecule has 2 fully saturated rings. The minimum absolute atomic E-state index is 0.000764. The summed E-state index contributed by atoms with van der Waals surface area (Å²) in [7, 11) is -3.35. The Hall–Kier alpha value is -5.05. The van der Waals surface area contributed by atoms with Crippen LogP contribution in [-0.2, 0) is 19.6 Å². The van der Waals surface area contributed by atoms with Gasteiger partial charge in [-0.15, -0.1) is 0 Å². The number of aromatic nitrogens is 3. The van der Waals surface area contributed by atoms with E-state index in [0.29, 0.717) is 32.0 Å². The summed E-state index contributed by atoms with van der Waals surface area (Å²) in [4.78, 5) is 39.3. The molecule has 2 aliphatic rings. The van der Waals surface area contributed by atoms with E-state index in [1.165, 1.54) is 50.6 Å². The van der Waals surface area contributed by atoms with Gasteiger partial charge in [0, 0.05) is 54.6 Å². The van der Waals surface area contributed by atoms with E-state index >= 15 is 4.39 Å². The SMILES string of the molecule is [2H]c1nc(N2[C@@H]3CC[C@H]2CN(C(=O)/C=C/C(C)=O)C3)c2c(F)c(-c3cnc(OC)c(NS(=O)(=O)c4ccc(F)cc4F)c3)ccc2n1. The molecule has 2 aromatic carbocycles. The number of halogens is 3. The van der Waals surface area contributed by atoms with Gasteiger partial charge in [0.05, 0.1) is 18.0 Å². The number of likely N-dealkylation sites (tertiary alicyclic amines) is 1. The number of piperazine rings is 1. The van der Waals surface area contributed by atoms with Gasteiger partial charge in [0.1, 0.15) is 41.5 Å². The van der Waals surface area contributed by atoms with Crippen molar-refractivity contribution in [2.24, 2.45) is 0 Å². The molecule has 0 unspecified atom stereocenters. The smallest absolute Gasteiger partial charge is 0.264 e. The molecule has 2 aromatic heterocycles. The van der Waals surface area contributed by atoms with E-state index in [9.17, 15) is 26.8 Å². The topological polar surface area (TPSA) is 135 Å². The quantitative estimate of drug-likeness (QED) is 0.277. The van der Waals surface area contributed by atoms with Crippen LogP contribution in [0.4, 0.5) is 24.7 Å². The van der Waals surface area contributed by atoms with E-state index in [4.69, 9.17) is 6.11 Å². The number of hydrogen-bond acceptors (Lipinski definition) is 9. The van der Waals surface area contributed by atoms with Gasteiger partial charge in [0.2, 0.25) is 11.8 Å². The van der Waals surface area contributed by atoms with Crippen LogP contribution in [0.5, 0.6) is 5.88 Å². The number of carbonyl (C=O) groups excluding carboxylic acids is 2. The molecule has 2 bridgehead atoms. The van der Waals surface area contributed by atoms with Crippen molar-refractivity contribution >= 4 is 44.1 Å². The molecule has 0 saturated carbocycles. The largest absolute Gasteiger partial charge is 0.480 e. The number of sulfonamides is 1. The molecule has 4 aromatic rings. The average Bonchev–Trinajstić information content (AvgIpc) is 3.27. The molecule has 0 spiro atoms. The second-order valence-corrected chi connectivity index (χ2v) is 12.6. The van der Waals surface area contributed by atoms with Crippen molar-refractivity contribution in [2.45, 2.75) is 36.7 Å². The van der Waals surface area contributed by atoms with Gasteiger partial charge in [-0.05, 0) is 56.2 Å². The number of pyridine rings is 1. The van der Waals surface area contributed by atoms with Crippen LogP contribution in [0.1, 0.15) is 21.1 Å². The predicted octanol–water partition coefficient (Wildman–Crippen LogP) is 4.24. The lowest BCUT2D eigenvalue weighted by Gasteiger charge is -2.41. The number of amides is 1. The van der Waals surface area contributed by atoms with Gasteiger partial charge in [0.25, 0.3) is 10.0 Å². The summed E-state index contributed by atoms with van der Waals surface area (Å²) in [6.45, 7) is 1.96. The maximum Gasteiger partial charge on any atom is 0.264 e. The van der Waals surface area contributed by atoms with Crippen molar-refractivity contribution in [3.63, 3.8) is 0 Å². The summed E-state index contributed by atoms with van der Waals surface area (Å²) >= 11 is 0. The number of fused-ring (bicyclic) bond motifs is 3. The van der Waals surface area contributed by atoms with E-state index in [1.807, 2.05) is 4.90 Å². The zero-order valence-electron chi connectivity index (χ0n) is 25.5. The van der Waals surface area contributed by atoms with E-state index in [-0.39, 0.29) is 69.5 Å². The Morgan fingerprint density at radius 3 is 2.46 bits per heavy atom. The highest BCUT2D eigenvalue weighted by Crippen LogP contribution is 2.40. The van der Waals surface area contributed by atoms with Gasteiger partial charge in [-0.2, -0.15) is 0 Å². The molecular formula is C31H27F3N6O5S. The summed E-state index contributed by atoms with van der Waals surface area (Å²) in [6.07, 6.45) is 4.76. The van der Waals surface area contributed by atoms with Crippen molar-refractivity contribution in [1.29, 1.82) is 0 Å². The Morgan fingerprint density at radius 1 is 1.04 bits per heavy atom. The first-order chi connectivity index (χ1) is 22.4. The number of nitrogens with one attached hydrogen (secondary N) is 1. The summed E-state index contributed by atoms with van der Waals surface area (Å²) in [5, 5.41) is 0.0259. The normalized spacial score (nSPS) is 18.2. The van der Waals surface area contributed by atoms with Gasteiger partial charge in [-0.25, -0.2) is 36.5 Å². The molecule has 0 radical (unpaired) electrons. The van der Waals surface area contributed by atoms with Crippen LogP contribution in [0.25, 0.3) is 22.0 Å². The highest BCUT2D eigenvalue weighted by Gasteiger charge is 2.42. The number of anilines is 2. The van der Waals surface area contributed by atoms with E-state index < -0.39 is 32.4 Å². The van der Waals surface area contributed by atoms with Crippen LogP contribution >= 0.6 is 0 Å². The van der Waals surface area contributed by atoms with E-state index in [2.05, 4.69) is 19.7 Å². The molecule has 4 heterocycles. The predicted molar refractivity (Wildman–Crippen MR) is 162 cm³/mol. The third-order valence-electron chi connectivity index (χ3n) is 7.95. The van der Waals surface area contributed by atoms with Crippen molar-refractivity contribution in [3.8, 4) is 17.0 Å². The second-order valence-electron chi connectivity index (χ2n) is 10.9. The molecule has 2 atom stereocenters. The third kappa shape index (κ3) is 5.73. The number of hydrogen-bond donors (Lipinski definition) is 1. The molecule has 11 nitrogen and oxygen atoms in total. The number of ketones is 1. The Kier molecular flexibility index (Phi) is 7.76. The highest BCUT2D eigenvalue weighted by atomic mass is 32.2. The molecule has 46 heavy (non-hydrogen) atoms. The Morgan fingerprint density at radius 2 is 1.78 bits per heavy atom. The number of nitrogens with zero attached hydrogens (tertiary/aromatic N) is 5. The summed E-state index contributed by atoms with van der Waals surface area (Å²) < 4.78 is 86.0. The summed E-state index contributed by atoms with van der Waals surface area (Å²) in [5.74, 6) is -3.59. The summed E-state index contributed by atoms with van der Waals surface area (Å²) in [6, 6.07) is 5.70. The number of methoxy groups -OCH3 is 1. The first-order valence-corrected chi connectivity index (χ1v) is 15.6. The molecule has 1 amide bonds. The molecule has 2 aliphatic heterocycles. The van der Waals surface area contributed by atoms with Gasteiger partial charge in [-0.1, -0.05) is 0 Å². The fourth-order valence-electron chi connectivity index (χ4n) is 5.91. The first kappa shape index (κ1) is 29.6. The Bertz CT molecular complexity index is 2070. The van der Waals surface area contributed by atoms with Gasteiger partial charge in [-0.3, -0.25) is 14.3 Å². The zero-order chi connectivity index (χ0) is 33.6. The standard InChI is InChI=1S/C31H27F3N6O5S/c1-17(41)3-10-27(42)39-14-20-5-6-21(15-39)40(20)30-28-24(36-16-37-30)8-7-22(29(28)34)18-11-25(31(45-2)35-13-18)38-46(43,44)26-9-4-19(32)12-23(26)33/h3-4,7-13,16,20-21,38H,5-6,14-15H2,1-2H3/b10-3+/t20-,21+/i16D. The molecule has 238 valence electrons. The first-order valence-electron chi connectivity index (χ1n) is 14.6. The molecule has 2 saturated heterocycles. The van der Waals surface area contributed by atoms with Crippen molar-refractivity contribution in [2.75, 3.05) is 29.8 Å². The molecule has 0 aliphatic carbocycles. The molecular weight excluding hydrogens is 625 g/mol. The molecule has 15 heteroatoms. The number of benzene rings is 2. The van der Waals surface area contributed by atoms with Crippen LogP contribution in [0.3, 0.4) is 0 Å². The van der Waals surface area contributed by atoms with E-state index in [0.717, 1.165) is 12.1 Å². The lowest BCUT2D eigenvalue weighted by Crippen LogP contribution is -2.55. The number of carbonyl (C=O) groups is 2. The van der Waals surface area contributed by atoms with Gasteiger partial charge in [0.15, 0.2) is 5.78 Å². The van der Waals surface area contributed by atoms with Gasteiger partial charge >= 0.3 is 0 Å². The molecule has 6 rings (SSSR count). The van der Waals surface area contributed by atoms with Crippen LogP contribution in [0.2, 0.25) is 0 Å². The monoisotopic (exact) mass is 653 g/mol. The van der Waals surface area contributed by atoms with Crippen molar-refractivity contribution < 1.29 is 37.3 Å². The number of ether oxygens (including phenoxy) is 1. The fraction of sp³-hybridized carbons (Fsp3) is 0.258. The number of rotatable bonds is 8. The summed E-state index contributed by atoms with van der Waals surface area (Å²) in [5.41, 5.74) is 0.0554. The van der Waals surface area contributed by atoms with Crippen molar-refractivity contribution in [3.05, 3.63) is 78.5 Å². The van der Waals surface area contributed by atoms with E-state index in [1.54, 1.807) is 4.90 Å². The maximum atomic E-state index is 16.6.